The summed E-state index contributed by atoms with van der Waals surface area (Å²) < 4.78 is 0. The van der Waals surface area contributed by atoms with Crippen molar-refractivity contribution in [2.75, 3.05) is 11.4 Å². The van der Waals surface area contributed by atoms with E-state index >= 15 is 0 Å². The molecule has 1 atom stereocenters. The molecule has 2 aliphatic rings. The van der Waals surface area contributed by atoms with Crippen molar-refractivity contribution in [1.82, 2.24) is 4.90 Å². The maximum absolute atomic E-state index is 2.63. The summed E-state index contributed by atoms with van der Waals surface area (Å²) in [4.78, 5) is 5.23. The number of rotatable bonds is 2. The first-order valence-electron chi connectivity index (χ1n) is 7.54. The van der Waals surface area contributed by atoms with Gasteiger partial charge < -0.3 is 4.90 Å². The highest BCUT2D eigenvalue weighted by molar-refractivity contribution is 5.56. The van der Waals surface area contributed by atoms with Gasteiger partial charge in [-0.2, -0.15) is 0 Å². The molecule has 0 saturated carbocycles. The van der Waals surface area contributed by atoms with Crippen molar-refractivity contribution in [3.05, 3.63) is 65.7 Å². The molecule has 4 rings (SSSR count). The number of hydrogen-bond donors (Lipinski definition) is 0. The summed E-state index contributed by atoms with van der Waals surface area (Å²) in [6, 6.07) is 19.7. The van der Waals surface area contributed by atoms with Crippen LogP contribution in [0.1, 0.15) is 24.0 Å². The fourth-order valence-corrected chi connectivity index (χ4v) is 3.64. The summed E-state index contributed by atoms with van der Waals surface area (Å²) in [6.07, 6.45) is 3.19. The van der Waals surface area contributed by atoms with Crippen LogP contribution in [0.15, 0.2) is 54.6 Å². The Morgan fingerprint density at radius 1 is 0.950 bits per heavy atom. The second kappa shape index (κ2) is 4.95. The first-order chi connectivity index (χ1) is 9.92. The van der Waals surface area contributed by atoms with Crippen LogP contribution in [0.5, 0.6) is 0 Å². The molecule has 102 valence electrons. The summed E-state index contributed by atoms with van der Waals surface area (Å²) in [6.45, 7) is 3.33. The monoisotopic (exact) mass is 264 g/mol. The van der Waals surface area contributed by atoms with E-state index in [2.05, 4.69) is 64.4 Å². The topological polar surface area (TPSA) is 6.48 Å². The third-order valence-electron chi connectivity index (χ3n) is 4.55. The molecule has 0 spiro atoms. The van der Waals surface area contributed by atoms with E-state index in [1.54, 1.807) is 0 Å². The molecule has 2 aliphatic heterocycles. The van der Waals surface area contributed by atoms with E-state index < -0.39 is 0 Å². The van der Waals surface area contributed by atoms with Crippen molar-refractivity contribution in [2.24, 2.45) is 0 Å². The van der Waals surface area contributed by atoms with Crippen molar-refractivity contribution in [1.29, 1.82) is 0 Å². The van der Waals surface area contributed by atoms with Gasteiger partial charge in [0, 0.05) is 25.3 Å². The van der Waals surface area contributed by atoms with Gasteiger partial charge in [0.05, 0.1) is 6.17 Å². The predicted molar refractivity (Wildman–Crippen MR) is 82.5 cm³/mol. The number of hydrogen-bond acceptors (Lipinski definition) is 2. The van der Waals surface area contributed by atoms with E-state index in [0.717, 1.165) is 13.1 Å². The van der Waals surface area contributed by atoms with Crippen LogP contribution in [-0.4, -0.2) is 17.6 Å². The van der Waals surface area contributed by atoms with Gasteiger partial charge in [-0.05, 0) is 30.0 Å². The first kappa shape index (κ1) is 12.0. The van der Waals surface area contributed by atoms with Gasteiger partial charge >= 0.3 is 0 Å². The van der Waals surface area contributed by atoms with Gasteiger partial charge in [-0.25, -0.2) is 0 Å². The van der Waals surface area contributed by atoms with Crippen LogP contribution in [0.25, 0.3) is 0 Å². The lowest BCUT2D eigenvalue weighted by Crippen LogP contribution is -2.47. The summed E-state index contributed by atoms with van der Waals surface area (Å²) >= 11 is 0. The highest BCUT2D eigenvalue weighted by Gasteiger charge is 2.35. The average molecular weight is 264 g/mol. The Bertz CT molecular complexity index is 593. The fraction of sp³-hybridized carbons (Fsp3) is 0.333. The summed E-state index contributed by atoms with van der Waals surface area (Å²) in [7, 11) is 0. The predicted octanol–water partition coefficient (Wildman–Crippen LogP) is 3.63. The highest BCUT2D eigenvalue weighted by Crippen LogP contribution is 2.36. The largest absolute Gasteiger partial charge is 0.355 e. The molecule has 1 unspecified atom stereocenters. The average Bonchev–Trinajstić information content (AvgIpc) is 2.98. The molecule has 2 nitrogen and oxygen atoms in total. The molecular weight excluding hydrogens is 244 g/mol. The lowest BCUT2D eigenvalue weighted by molar-refractivity contribution is 0.172. The molecular formula is C18H20N2. The fourth-order valence-electron chi connectivity index (χ4n) is 3.64. The Morgan fingerprint density at radius 2 is 1.75 bits per heavy atom. The SMILES string of the molecule is c1ccc(CN2Cc3ccccc3N3CCCC23)cc1. The lowest BCUT2D eigenvalue weighted by atomic mass is 10.1. The lowest BCUT2D eigenvalue weighted by Gasteiger charge is -2.42. The zero-order valence-electron chi connectivity index (χ0n) is 11.7. The Labute approximate surface area is 120 Å². The summed E-state index contributed by atoms with van der Waals surface area (Å²) in [5, 5.41) is 0. The van der Waals surface area contributed by atoms with Crippen LogP contribution < -0.4 is 4.90 Å². The van der Waals surface area contributed by atoms with E-state index in [1.807, 2.05) is 0 Å². The Balaban J connectivity index is 1.65. The van der Waals surface area contributed by atoms with Gasteiger partial charge in [-0.3, -0.25) is 4.90 Å². The summed E-state index contributed by atoms with van der Waals surface area (Å²) in [5.41, 5.74) is 4.35. The number of anilines is 1. The third kappa shape index (κ3) is 2.01. The number of para-hydroxylation sites is 1. The Kier molecular flexibility index (Phi) is 2.96. The number of nitrogens with zero attached hydrogens (tertiary/aromatic N) is 2. The molecule has 0 aliphatic carbocycles. The molecule has 2 aromatic carbocycles. The van der Waals surface area contributed by atoms with Gasteiger partial charge in [0.1, 0.15) is 0 Å². The number of benzene rings is 2. The molecule has 0 radical (unpaired) electrons. The zero-order valence-corrected chi connectivity index (χ0v) is 11.7. The molecule has 1 fully saturated rings. The van der Waals surface area contributed by atoms with Crippen molar-refractivity contribution in [2.45, 2.75) is 32.1 Å². The second-order valence-electron chi connectivity index (χ2n) is 5.84. The first-order valence-corrected chi connectivity index (χ1v) is 7.54. The molecule has 0 bridgehead atoms. The zero-order chi connectivity index (χ0) is 13.4. The molecule has 1 saturated heterocycles. The maximum atomic E-state index is 2.63. The second-order valence-corrected chi connectivity index (χ2v) is 5.84. The van der Waals surface area contributed by atoms with Gasteiger partial charge in [0.25, 0.3) is 0 Å². The van der Waals surface area contributed by atoms with Crippen LogP contribution >= 0.6 is 0 Å². The molecule has 2 heteroatoms. The van der Waals surface area contributed by atoms with Gasteiger partial charge in [0.2, 0.25) is 0 Å². The van der Waals surface area contributed by atoms with Gasteiger partial charge in [-0.15, -0.1) is 0 Å². The van der Waals surface area contributed by atoms with Crippen molar-refractivity contribution in [3.8, 4) is 0 Å². The molecule has 2 aromatic rings. The van der Waals surface area contributed by atoms with E-state index in [4.69, 9.17) is 0 Å². The minimum atomic E-state index is 0.588. The van der Waals surface area contributed by atoms with Crippen LogP contribution in [0.4, 0.5) is 5.69 Å². The Hall–Kier alpha value is -1.80. The molecule has 0 N–H and O–H groups in total. The smallest absolute Gasteiger partial charge is 0.0827 e. The van der Waals surface area contributed by atoms with Gasteiger partial charge in [-0.1, -0.05) is 48.5 Å². The minimum absolute atomic E-state index is 0.588. The van der Waals surface area contributed by atoms with Crippen LogP contribution in [0.3, 0.4) is 0 Å². The quantitative estimate of drug-likeness (QED) is 0.817. The van der Waals surface area contributed by atoms with E-state index in [0.29, 0.717) is 6.17 Å². The molecule has 0 amide bonds. The van der Waals surface area contributed by atoms with Crippen LogP contribution in [0.2, 0.25) is 0 Å². The molecule has 2 heterocycles. The third-order valence-corrected chi connectivity index (χ3v) is 4.55. The Morgan fingerprint density at radius 3 is 2.65 bits per heavy atom. The van der Waals surface area contributed by atoms with Crippen molar-refractivity contribution >= 4 is 5.69 Å². The van der Waals surface area contributed by atoms with Gasteiger partial charge in [0.15, 0.2) is 0 Å². The summed E-state index contributed by atoms with van der Waals surface area (Å²) in [5.74, 6) is 0. The molecule has 0 aromatic heterocycles. The molecule has 20 heavy (non-hydrogen) atoms. The normalized spacial score (nSPS) is 21.6. The van der Waals surface area contributed by atoms with Crippen molar-refractivity contribution in [3.63, 3.8) is 0 Å². The van der Waals surface area contributed by atoms with Crippen LogP contribution in [0, 0.1) is 0 Å². The number of fused-ring (bicyclic) bond motifs is 3. The van der Waals surface area contributed by atoms with Crippen molar-refractivity contribution < 1.29 is 0 Å². The van der Waals surface area contributed by atoms with E-state index in [9.17, 15) is 0 Å². The maximum Gasteiger partial charge on any atom is 0.0827 e. The van der Waals surface area contributed by atoms with E-state index in [-0.39, 0.29) is 0 Å². The highest BCUT2D eigenvalue weighted by atomic mass is 15.4. The standard InChI is InChI=1S/C18H20N2/c1-2-7-15(8-3-1)13-19-14-16-9-4-5-10-17(16)20-12-6-11-18(19)20/h1-5,7-10,18H,6,11-14H2. The van der Waals surface area contributed by atoms with E-state index in [1.165, 1.54) is 36.2 Å². The van der Waals surface area contributed by atoms with Crippen LogP contribution in [-0.2, 0) is 13.1 Å². The minimum Gasteiger partial charge on any atom is -0.355 e.